The van der Waals surface area contributed by atoms with Gasteiger partial charge in [-0.05, 0) is 49.6 Å². The molecule has 0 saturated heterocycles. The maximum Gasteiger partial charge on any atom is 0.435 e. The Hall–Kier alpha value is -3.94. The topological polar surface area (TPSA) is 114 Å². The third kappa shape index (κ3) is 6.52. The first-order valence-corrected chi connectivity index (χ1v) is 10.8. The van der Waals surface area contributed by atoms with Crippen molar-refractivity contribution in [2.24, 2.45) is 10.7 Å². The zero-order valence-corrected chi connectivity index (χ0v) is 19.2. The number of benzene rings is 1. The number of carbonyl (C=O) groups excluding carboxylic acids is 2. The van der Waals surface area contributed by atoms with Crippen LogP contribution in [0.15, 0.2) is 59.9 Å². The van der Waals surface area contributed by atoms with Gasteiger partial charge in [0.1, 0.15) is 5.84 Å². The first kappa shape index (κ1) is 23.7. The summed E-state index contributed by atoms with van der Waals surface area (Å²) in [5.74, 6) is 0.0308. The summed E-state index contributed by atoms with van der Waals surface area (Å²) in [5.41, 5.74) is 10.9. The fraction of sp³-hybridized carbons (Fsp3) is 0.280. The van der Waals surface area contributed by atoms with Gasteiger partial charge in [0.25, 0.3) is 5.91 Å². The van der Waals surface area contributed by atoms with Crippen molar-refractivity contribution in [3.05, 3.63) is 88.5 Å². The molecule has 0 saturated carbocycles. The molecule has 172 valence electrons. The van der Waals surface area contributed by atoms with Crippen LogP contribution in [0.3, 0.4) is 0 Å². The Morgan fingerprint density at radius 2 is 1.70 bits per heavy atom. The molecule has 0 atom stereocenters. The Morgan fingerprint density at radius 3 is 2.27 bits per heavy atom. The Labute approximate surface area is 193 Å². The number of nitrogens with one attached hydrogen (secondary N) is 1. The minimum atomic E-state index is -0.704. The zero-order chi connectivity index (χ0) is 23.8. The molecular formula is C25H29N5O3. The van der Waals surface area contributed by atoms with Gasteiger partial charge in [0.15, 0.2) is 0 Å². The molecule has 0 spiro atoms. The summed E-state index contributed by atoms with van der Waals surface area (Å²) in [6.45, 7) is 6.88. The normalized spacial score (nSPS) is 11.3. The number of aromatic nitrogens is 2. The molecule has 0 aliphatic carbocycles. The lowest BCUT2D eigenvalue weighted by Crippen LogP contribution is -2.30. The number of H-pyrrole nitrogens is 1. The summed E-state index contributed by atoms with van der Waals surface area (Å²) in [6, 6.07) is 13.0. The van der Waals surface area contributed by atoms with E-state index in [2.05, 4.69) is 15.0 Å². The molecule has 3 rings (SSSR count). The van der Waals surface area contributed by atoms with Gasteiger partial charge in [-0.2, -0.15) is 4.99 Å². The number of pyridine rings is 1. The fourth-order valence-electron chi connectivity index (χ4n) is 3.41. The lowest BCUT2D eigenvalue weighted by molar-refractivity contribution is 0.0729. The standard InChI is InChI=1S/C25H29N5O3/c1-4-13-33-25(32)29-23(26)21-7-5-19(6-8-21)15-30(16-20-9-11-27-12-10-20)24(31)22-14-17(2)28-18(22)3/h5-12,14,28H,4,13,15-16H2,1-3H3,(H2,26,29,32). The van der Waals surface area contributed by atoms with Crippen molar-refractivity contribution in [3.8, 4) is 0 Å². The van der Waals surface area contributed by atoms with Crippen molar-refractivity contribution in [2.45, 2.75) is 40.3 Å². The van der Waals surface area contributed by atoms with E-state index < -0.39 is 6.09 Å². The first-order valence-electron chi connectivity index (χ1n) is 10.8. The highest BCUT2D eigenvalue weighted by atomic mass is 16.5. The molecule has 33 heavy (non-hydrogen) atoms. The second-order valence-corrected chi connectivity index (χ2v) is 7.82. The van der Waals surface area contributed by atoms with Gasteiger partial charge in [-0.25, -0.2) is 4.79 Å². The predicted molar refractivity (Wildman–Crippen MR) is 127 cm³/mol. The van der Waals surface area contributed by atoms with Crippen molar-refractivity contribution in [1.82, 2.24) is 14.9 Å². The number of carbonyl (C=O) groups is 2. The van der Waals surface area contributed by atoms with E-state index in [1.165, 1.54) is 0 Å². The van der Waals surface area contributed by atoms with Crippen LogP contribution < -0.4 is 5.73 Å². The van der Waals surface area contributed by atoms with Gasteiger partial charge in [0.05, 0.1) is 12.2 Å². The van der Waals surface area contributed by atoms with Gasteiger partial charge in [-0.15, -0.1) is 0 Å². The van der Waals surface area contributed by atoms with Crippen LogP contribution in [0.1, 0.15) is 51.8 Å². The van der Waals surface area contributed by atoms with Crippen LogP contribution >= 0.6 is 0 Å². The quantitative estimate of drug-likeness (QED) is 0.398. The van der Waals surface area contributed by atoms with Gasteiger partial charge >= 0.3 is 6.09 Å². The van der Waals surface area contributed by atoms with Gasteiger partial charge in [0.2, 0.25) is 0 Å². The number of aromatic amines is 1. The molecule has 3 N–H and O–H groups in total. The van der Waals surface area contributed by atoms with Crippen molar-refractivity contribution in [2.75, 3.05) is 6.61 Å². The molecule has 0 fully saturated rings. The molecule has 0 radical (unpaired) electrons. The van der Waals surface area contributed by atoms with Crippen LogP contribution in [0.25, 0.3) is 0 Å². The van der Waals surface area contributed by atoms with Crippen LogP contribution in [-0.4, -0.2) is 39.3 Å². The molecule has 2 heterocycles. The molecule has 8 heteroatoms. The summed E-state index contributed by atoms with van der Waals surface area (Å²) in [7, 11) is 0. The number of amidine groups is 1. The van der Waals surface area contributed by atoms with Gasteiger partial charge in [-0.3, -0.25) is 9.78 Å². The van der Waals surface area contributed by atoms with Gasteiger partial charge < -0.3 is 20.4 Å². The number of aliphatic imine (C=N–C) groups is 1. The number of ether oxygens (including phenoxy) is 1. The SMILES string of the molecule is CCCOC(=O)N=C(N)c1ccc(CN(Cc2ccncc2)C(=O)c2cc(C)[nH]c2C)cc1. The molecule has 3 aromatic rings. The minimum absolute atomic E-state index is 0.0579. The Balaban J connectivity index is 1.79. The first-order chi connectivity index (χ1) is 15.9. The number of rotatable bonds is 8. The van der Waals surface area contributed by atoms with E-state index in [0.717, 1.165) is 22.5 Å². The van der Waals surface area contributed by atoms with Crippen LogP contribution in [0, 0.1) is 13.8 Å². The number of aryl methyl sites for hydroxylation is 2. The van der Waals surface area contributed by atoms with Crippen molar-refractivity contribution in [3.63, 3.8) is 0 Å². The highest BCUT2D eigenvalue weighted by Crippen LogP contribution is 2.18. The molecule has 0 aliphatic heterocycles. The number of nitrogens with two attached hydrogens (primary N) is 1. The van der Waals surface area contributed by atoms with Crippen LogP contribution in [0.5, 0.6) is 0 Å². The predicted octanol–water partition coefficient (Wildman–Crippen LogP) is 4.12. The number of amides is 2. The van der Waals surface area contributed by atoms with Gasteiger partial charge in [0, 0.05) is 42.4 Å². The maximum atomic E-state index is 13.4. The van der Waals surface area contributed by atoms with E-state index in [1.54, 1.807) is 29.4 Å². The number of hydrogen-bond donors (Lipinski definition) is 2. The summed E-state index contributed by atoms with van der Waals surface area (Å²) in [4.78, 5) is 37.9. The smallest absolute Gasteiger partial charge is 0.435 e. The molecule has 2 amide bonds. The van der Waals surface area contributed by atoms with E-state index in [1.807, 2.05) is 51.1 Å². The largest absolute Gasteiger partial charge is 0.448 e. The minimum Gasteiger partial charge on any atom is -0.448 e. The van der Waals surface area contributed by atoms with E-state index in [4.69, 9.17) is 10.5 Å². The lowest BCUT2D eigenvalue weighted by Gasteiger charge is -2.23. The molecule has 2 aromatic heterocycles. The number of nitrogens with zero attached hydrogens (tertiary/aromatic N) is 3. The van der Waals surface area contributed by atoms with Crippen molar-refractivity contribution in [1.29, 1.82) is 0 Å². The monoisotopic (exact) mass is 447 g/mol. The Kier molecular flexibility index (Phi) is 7.96. The average Bonchev–Trinajstić information content (AvgIpc) is 3.15. The fourth-order valence-corrected chi connectivity index (χ4v) is 3.41. The molecule has 0 bridgehead atoms. The molecule has 0 unspecified atom stereocenters. The molecular weight excluding hydrogens is 418 g/mol. The van der Waals surface area contributed by atoms with E-state index >= 15 is 0 Å². The van der Waals surface area contributed by atoms with Crippen molar-refractivity contribution < 1.29 is 14.3 Å². The van der Waals surface area contributed by atoms with Gasteiger partial charge in [-0.1, -0.05) is 31.2 Å². The highest BCUT2D eigenvalue weighted by Gasteiger charge is 2.20. The third-order valence-electron chi connectivity index (χ3n) is 5.05. The molecule has 8 nitrogen and oxygen atoms in total. The lowest BCUT2D eigenvalue weighted by atomic mass is 10.1. The number of hydrogen-bond acceptors (Lipinski definition) is 4. The average molecular weight is 448 g/mol. The zero-order valence-electron chi connectivity index (χ0n) is 19.2. The summed E-state index contributed by atoms with van der Waals surface area (Å²) in [6.07, 6.45) is 3.44. The summed E-state index contributed by atoms with van der Waals surface area (Å²) < 4.78 is 4.94. The second-order valence-electron chi connectivity index (χ2n) is 7.82. The molecule has 1 aromatic carbocycles. The Morgan fingerprint density at radius 1 is 1.06 bits per heavy atom. The second kappa shape index (κ2) is 11.1. The summed E-state index contributed by atoms with van der Waals surface area (Å²) in [5, 5.41) is 0. The summed E-state index contributed by atoms with van der Waals surface area (Å²) >= 11 is 0. The third-order valence-corrected chi connectivity index (χ3v) is 5.05. The van der Waals surface area contributed by atoms with Crippen molar-refractivity contribution >= 4 is 17.8 Å². The van der Waals surface area contributed by atoms with E-state index in [9.17, 15) is 9.59 Å². The van der Waals surface area contributed by atoms with Crippen LogP contribution in [0.4, 0.5) is 4.79 Å². The maximum absolute atomic E-state index is 13.4. The highest BCUT2D eigenvalue weighted by molar-refractivity contribution is 6.02. The Bertz CT molecular complexity index is 1120. The van der Waals surface area contributed by atoms with Crippen LogP contribution in [-0.2, 0) is 17.8 Å². The molecule has 0 aliphatic rings. The van der Waals surface area contributed by atoms with E-state index in [0.29, 0.717) is 37.2 Å². The van der Waals surface area contributed by atoms with Crippen LogP contribution in [0.2, 0.25) is 0 Å². The van der Waals surface area contributed by atoms with E-state index in [-0.39, 0.29) is 11.7 Å².